The van der Waals surface area contributed by atoms with Crippen LogP contribution in [0.3, 0.4) is 0 Å². The predicted molar refractivity (Wildman–Crippen MR) is 177 cm³/mol. The third kappa shape index (κ3) is 6.00. The van der Waals surface area contributed by atoms with Crippen molar-refractivity contribution in [2.75, 3.05) is 37.6 Å². The zero-order chi connectivity index (χ0) is 30.6. The number of halogens is 1. The van der Waals surface area contributed by atoms with Crippen LogP contribution in [0.2, 0.25) is 0 Å². The molecule has 2 aliphatic rings. The number of hydrogen-bond donors (Lipinski definition) is 1. The number of nitrogens with one attached hydrogen (secondary N) is 1. The number of ether oxygens (including phenoxy) is 1. The topological polar surface area (TPSA) is 57.7 Å². The van der Waals surface area contributed by atoms with Crippen LogP contribution in [-0.4, -0.2) is 48.7 Å². The van der Waals surface area contributed by atoms with E-state index < -0.39 is 11.7 Å². The van der Waals surface area contributed by atoms with E-state index >= 15 is 0 Å². The van der Waals surface area contributed by atoms with Crippen LogP contribution in [0, 0.1) is 5.82 Å². The van der Waals surface area contributed by atoms with Crippen LogP contribution in [0.4, 0.5) is 15.0 Å². The normalized spacial score (nSPS) is 15.4. The number of amides is 1. The highest BCUT2D eigenvalue weighted by Gasteiger charge is 2.46. The first-order valence-corrected chi connectivity index (χ1v) is 15.8. The van der Waals surface area contributed by atoms with Gasteiger partial charge < -0.3 is 15.0 Å². The summed E-state index contributed by atoms with van der Waals surface area (Å²) in [5.74, 6) is 0.743. The first-order valence-electron chi connectivity index (χ1n) is 15.8. The highest BCUT2D eigenvalue weighted by Crippen LogP contribution is 2.52. The number of fused-ring (bicyclic) bond motifs is 4. The Bertz CT molecular complexity index is 1750. The Hall–Kier alpha value is -4.75. The number of nitrogens with zero attached hydrogens (tertiary/aromatic N) is 3. The molecule has 1 fully saturated rings. The summed E-state index contributed by atoms with van der Waals surface area (Å²) in [7, 11) is 0. The SMILES string of the molecule is O=C(NCc1ccc(F)cc1)OC1(CCCCN2CCN(c3ccc4ccccc4n3)CC2)c2ccccc2-c2ccccc21. The molecule has 1 N–H and O–H groups in total. The molecule has 0 spiro atoms. The molecule has 1 saturated heterocycles. The maximum Gasteiger partial charge on any atom is 0.408 e. The molecule has 6 nitrogen and oxygen atoms in total. The van der Waals surface area contributed by atoms with Crippen molar-refractivity contribution in [1.29, 1.82) is 0 Å². The number of alkyl carbamates (subject to hydrolysis) is 1. The molecule has 1 aromatic heterocycles. The van der Waals surface area contributed by atoms with Crippen LogP contribution < -0.4 is 10.2 Å². The minimum Gasteiger partial charge on any atom is -0.433 e. The fraction of sp³-hybridized carbons (Fsp3) is 0.263. The van der Waals surface area contributed by atoms with Crippen molar-refractivity contribution in [3.63, 3.8) is 0 Å². The zero-order valence-electron chi connectivity index (χ0n) is 25.3. The molecule has 1 amide bonds. The van der Waals surface area contributed by atoms with Crippen LogP contribution >= 0.6 is 0 Å². The molecule has 4 aromatic carbocycles. The van der Waals surface area contributed by atoms with E-state index in [1.807, 2.05) is 36.4 Å². The number of aromatic nitrogens is 1. The largest absolute Gasteiger partial charge is 0.433 e. The number of hydrogen-bond acceptors (Lipinski definition) is 5. The summed E-state index contributed by atoms with van der Waals surface area (Å²) in [6, 6.07) is 35.2. The van der Waals surface area contributed by atoms with E-state index in [4.69, 9.17) is 9.72 Å². The smallest absolute Gasteiger partial charge is 0.408 e. The lowest BCUT2D eigenvalue weighted by Gasteiger charge is -2.36. The van der Waals surface area contributed by atoms with Crippen molar-refractivity contribution in [3.05, 3.63) is 132 Å². The number of rotatable bonds is 9. The lowest BCUT2D eigenvalue weighted by molar-refractivity contribution is 0.0325. The summed E-state index contributed by atoms with van der Waals surface area (Å²) < 4.78 is 19.8. The predicted octanol–water partition coefficient (Wildman–Crippen LogP) is 7.52. The van der Waals surface area contributed by atoms with Crippen LogP contribution in [0.1, 0.15) is 36.0 Å². The van der Waals surface area contributed by atoms with E-state index in [9.17, 15) is 9.18 Å². The molecule has 1 aliphatic carbocycles. The van der Waals surface area contributed by atoms with Gasteiger partial charge in [0.05, 0.1) is 5.52 Å². The Balaban J connectivity index is 1.00. The summed E-state index contributed by atoms with van der Waals surface area (Å²) in [6.07, 6.45) is 2.11. The second-order valence-corrected chi connectivity index (χ2v) is 11.9. The van der Waals surface area contributed by atoms with Gasteiger partial charge >= 0.3 is 6.09 Å². The third-order valence-corrected chi connectivity index (χ3v) is 9.16. The molecule has 7 heteroatoms. The van der Waals surface area contributed by atoms with Gasteiger partial charge in [-0.2, -0.15) is 0 Å². The maximum absolute atomic E-state index is 13.4. The average molecular weight is 601 g/mol. The molecule has 0 saturated carbocycles. The van der Waals surface area contributed by atoms with Crippen molar-refractivity contribution in [2.45, 2.75) is 31.4 Å². The number of piperazine rings is 1. The van der Waals surface area contributed by atoms with Gasteiger partial charge in [-0.3, -0.25) is 4.90 Å². The molecule has 7 rings (SSSR count). The Kier molecular flexibility index (Phi) is 8.18. The first-order chi connectivity index (χ1) is 22.1. The molecule has 45 heavy (non-hydrogen) atoms. The van der Waals surface area contributed by atoms with E-state index in [2.05, 4.69) is 63.6 Å². The number of anilines is 1. The maximum atomic E-state index is 13.4. The molecule has 0 unspecified atom stereocenters. The molecule has 0 atom stereocenters. The zero-order valence-corrected chi connectivity index (χ0v) is 25.3. The Morgan fingerprint density at radius 2 is 1.44 bits per heavy atom. The van der Waals surface area contributed by atoms with E-state index in [1.54, 1.807) is 12.1 Å². The van der Waals surface area contributed by atoms with Gasteiger partial charge in [0, 0.05) is 49.2 Å². The van der Waals surface area contributed by atoms with E-state index in [-0.39, 0.29) is 12.4 Å². The molecule has 0 bridgehead atoms. The van der Waals surface area contributed by atoms with Gasteiger partial charge in [0.2, 0.25) is 0 Å². The molecule has 5 aromatic rings. The number of carbonyl (C=O) groups excluding carboxylic acids is 1. The molecule has 2 heterocycles. The molecule has 0 radical (unpaired) electrons. The molecule has 228 valence electrons. The van der Waals surface area contributed by atoms with Gasteiger partial charge in [0.25, 0.3) is 0 Å². The highest BCUT2D eigenvalue weighted by molar-refractivity contribution is 5.82. The summed E-state index contributed by atoms with van der Waals surface area (Å²) in [6.45, 7) is 5.15. The van der Waals surface area contributed by atoms with E-state index in [0.29, 0.717) is 6.42 Å². The lowest BCUT2D eigenvalue weighted by atomic mass is 9.86. The monoisotopic (exact) mass is 600 g/mol. The molecular weight excluding hydrogens is 563 g/mol. The van der Waals surface area contributed by atoms with Gasteiger partial charge in [-0.15, -0.1) is 0 Å². The summed E-state index contributed by atoms with van der Waals surface area (Å²) in [5, 5.41) is 4.07. The van der Waals surface area contributed by atoms with Crippen molar-refractivity contribution in [1.82, 2.24) is 15.2 Å². The quantitative estimate of drug-likeness (QED) is 0.177. The number of unbranched alkanes of at least 4 members (excludes halogenated alkanes) is 1. The highest BCUT2D eigenvalue weighted by atomic mass is 19.1. The second kappa shape index (κ2) is 12.7. The van der Waals surface area contributed by atoms with Gasteiger partial charge in [0.15, 0.2) is 5.60 Å². The number of carbonyl (C=O) groups is 1. The first kappa shape index (κ1) is 29.0. The van der Waals surface area contributed by atoms with Crippen molar-refractivity contribution >= 4 is 22.8 Å². The number of benzene rings is 4. The van der Waals surface area contributed by atoms with Gasteiger partial charge in [-0.05, 0) is 72.8 Å². The molecule has 1 aliphatic heterocycles. The lowest BCUT2D eigenvalue weighted by Crippen LogP contribution is -2.47. The summed E-state index contributed by atoms with van der Waals surface area (Å²) in [4.78, 5) is 23.1. The number of pyridine rings is 1. The molecular formula is C38H37FN4O2. The second-order valence-electron chi connectivity index (χ2n) is 11.9. The third-order valence-electron chi connectivity index (χ3n) is 9.16. The number of para-hydroxylation sites is 1. The van der Waals surface area contributed by atoms with E-state index in [0.717, 1.165) is 84.7 Å². The average Bonchev–Trinajstić information content (AvgIpc) is 3.36. The Morgan fingerprint density at radius 3 is 2.18 bits per heavy atom. The standard InChI is InChI=1S/C38H37FN4O2/c39-30-18-15-28(16-19-30)27-40-37(44)45-38(33-12-4-2-10-31(33)32-11-3-5-13-34(32)38)21-7-8-22-42-23-25-43(26-24-42)36-20-17-29-9-1-6-14-35(29)41-36/h1-6,9-20H,7-8,21-27H2,(H,40,44). The van der Waals surface area contributed by atoms with Crippen LogP contribution in [0.25, 0.3) is 22.0 Å². The summed E-state index contributed by atoms with van der Waals surface area (Å²) >= 11 is 0. The fourth-order valence-electron chi connectivity index (χ4n) is 6.83. The Labute approximate surface area is 263 Å². The Morgan fingerprint density at radius 1 is 0.778 bits per heavy atom. The fourth-order valence-corrected chi connectivity index (χ4v) is 6.83. The minimum absolute atomic E-state index is 0.263. The van der Waals surface area contributed by atoms with E-state index in [1.165, 1.54) is 17.5 Å². The van der Waals surface area contributed by atoms with Crippen LogP contribution in [0.5, 0.6) is 0 Å². The van der Waals surface area contributed by atoms with Gasteiger partial charge in [0.1, 0.15) is 11.6 Å². The van der Waals surface area contributed by atoms with Crippen LogP contribution in [0.15, 0.2) is 109 Å². The van der Waals surface area contributed by atoms with Crippen molar-refractivity contribution < 1.29 is 13.9 Å². The van der Waals surface area contributed by atoms with Gasteiger partial charge in [-0.1, -0.05) is 78.9 Å². The minimum atomic E-state index is -0.874. The summed E-state index contributed by atoms with van der Waals surface area (Å²) in [5.41, 5.74) is 5.24. The van der Waals surface area contributed by atoms with Gasteiger partial charge in [-0.25, -0.2) is 14.2 Å². The van der Waals surface area contributed by atoms with Crippen LogP contribution in [-0.2, 0) is 16.9 Å². The van der Waals surface area contributed by atoms with Crippen molar-refractivity contribution in [3.8, 4) is 11.1 Å². The van der Waals surface area contributed by atoms with Crippen molar-refractivity contribution in [2.24, 2.45) is 0 Å².